The predicted octanol–water partition coefficient (Wildman–Crippen LogP) is 5.00. The first-order chi connectivity index (χ1) is 13.1. The Morgan fingerprint density at radius 1 is 0.963 bits per heavy atom. The average molecular weight is 376 g/mol. The van der Waals surface area contributed by atoms with Gasteiger partial charge in [0.2, 0.25) is 0 Å². The first kappa shape index (κ1) is 17.2. The van der Waals surface area contributed by atoms with Gasteiger partial charge in [0.25, 0.3) is 0 Å². The highest BCUT2D eigenvalue weighted by molar-refractivity contribution is 6.32. The maximum absolute atomic E-state index is 10.6. The van der Waals surface area contributed by atoms with Crippen molar-refractivity contribution in [3.63, 3.8) is 0 Å². The molecule has 0 fully saturated rings. The molecule has 0 bridgehead atoms. The first-order valence-electron chi connectivity index (χ1n) is 8.56. The molecule has 0 saturated heterocycles. The van der Waals surface area contributed by atoms with Gasteiger partial charge in [0, 0.05) is 17.4 Å². The van der Waals surface area contributed by atoms with Gasteiger partial charge < -0.3 is 10.8 Å². The number of hydrogen-bond acceptors (Lipinski definition) is 2. The number of halogens is 1. The molecule has 1 aromatic heterocycles. The molecule has 0 aliphatic rings. The Morgan fingerprint density at radius 2 is 1.67 bits per heavy atom. The van der Waals surface area contributed by atoms with Crippen LogP contribution in [-0.4, -0.2) is 15.6 Å². The van der Waals surface area contributed by atoms with Gasteiger partial charge in [-0.1, -0.05) is 66.2 Å². The van der Waals surface area contributed by atoms with Gasteiger partial charge in [-0.25, -0.2) is 0 Å². The Balaban J connectivity index is 2.08. The fourth-order valence-electron chi connectivity index (χ4n) is 3.53. The number of nitrogens with two attached hydrogens (primary N) is 1. The average Bonchev–Trinajstić information content (AvgIpc) is 2.99. The van der Waals surface area contributed by atoms with Crippen LogP contribution < -0.4 is 5.73 Å². The topological polar surface area (TPSA) is 75.0 Å². The highest BCUT2D eigenvalue weighted by Crippen LogP contribution is 2.41. The third kappa shape index (κ3) is 2.94. The zero-order valence-electron chi connectivity index (χ0n) is 14.5. The van der Waals surface area contributed by atoms with Crippen LogP contribution in [0.4, 0.5) is 0 Å². The minimum absolute atomic E-state index is 0.0150. The van der Waals surface area contributed by atoms with Crippen molar-refractivity contribution in [1.82, 2.24) is 4.57 Å². The maximum atomic E-state index is 10.6. The van der Waals surface area contributed by atoms with Crippen molar-refractivity contribution in [2.75, 3.05) is 0 Å². The number of aromatic nitrogens is 1. The van der Waals surface area contributed by atoms with Gasteiger partial charge in [0.05, 0.1) is 16.2 Å². The Morgan fingerprint density at radius 3 is 2.41 bits per heavy atom. The van der Waals surface area contributed by atoms with Gasteiger partial charge in [0.15, 0.2) is 5.96 Å². The van der Waals surface area contributed by atoms with Crippen LogP contribution in [0.2, 0.25) is 5.02 Å². The molecule has 0 aliphatic heterocycles. The molecule has 0 unspecified atom stereocenters. The van der Waals surface area contributed by atoms with Gasteiger partial charge in [-0.2, -0.15) is 0 Å². The number of para-hydroxylation sites is 2. The lowest BCUT2D eigenvalue weighted by Crippen LogP contribution is -2.21. The molecule has 4 rings (SSSR count). The van der Waals surface area contributed by atoms with E-state index in [9.17, 15) is 5.11 Å². The van der Waals surface area contributed by atoms with Crippen molar-refractivity contribution in [2.45, 2.75) is 6.42 Å². The second kappa shape index (κ2) is 6.82. The van der Waals surface area contributed by atoms with Gasteiger partial charge in [-0.05, 0) is 29.3 Å². The van der Waals surface area contributed by atoms with E-state index in [4.69, 9.17) is 22.7 Å². The largest absolute Gasteiger partial charge is 0.506 e. The van der Waals surface area contributed by atoms with Crippen molar-refractivity contribution in [3.05, 3.63) is 88.9 Å². The SMILES string of the molecule is N=C(N)n1c(-c2cccc(Cl)c2O)c(Cc2ccccc2)c2ccccc21. The summed E-state index contributed by atoms with van der Waals surface area (Å²) < 4.78 is 1.67. The minimum Gasteiger partial charge on any atom is -0.506 e. The van der Waals surface area contributed by atoms with Gasteiger partial charge in [0.1, 0.15) is 5.75 Å². The van der Waals surface area contributed by atoms with Crippen LogP contribution in [0.25, 0.3) is 22.2 Å². The highest BCUT2D eigenvalue weighted by atomic mass is 35.5. The van der Waals surface area contributed by atoms with E-state index in [1.807, 2.05) is 42.5 Å². The summed E-state index contributed by atoms with van der Waals surface area (Å²) in [6.45, 7) is 0. The van der Waals surface area contributed by atoms with Crippen LogP contribution in [0.5, 0.6) is 5.75 Å². The van der Waals surface area contributed by atoms with Gasteiger partial charge in [-0.3, -0.25) is 9.98 Å². The van der Waals surface area contributed by atoms with E-state index in [0.717, 1.165) is 22.0 Å². The molecule has 4 aromatic rings. The number of nitrogens with zero attached hydrogens (tertiary/aromatic N) is 1. The van der Waals surface area contributed by atoms with Crippen LogP contribution >= 0.6 is 11.6 Å². The molecule has 0 radical (unpaired) electrons. The number of benzene rings is 3. The van der Waals surface area contributed by atoms with E-state index in [1.165, 1.54) is 0 Å². The van der Waals surface area contributed by atoms with Crippen LogP contribution in [0.1, 0.15) is 11.1 Å². The van der Waals surface area contributed by atoms with Crippen LogP contribution in [0, 0.1) is 5.41 Å². The molecular weight excluding hydrogens is 358 g/mol. The van der Waals surface area contributed by atoms with Crippen LogP contribution in [0.15, 0.2) is 72.8 Å². The number of phenols is 1. The molecular formula is C22H18ClN3O. The first-order valence-corrected chi connectivity index (χ1v) is 8.94. The monoisotopic (exact) mass is 375 g/mol. The standard InChI is InChI=1S/C22H18ClN3O/c23-18-11-6-10-16(21(18)27)20-17(13-14-7-2-1-3-8-14)15-9-4-5-12-19(15)26(20)22(24)25/h1-12,27H,13H2,(H3,24,25). The van der Waals surface area contributed by atoms with E-state index in [1.54, 1.807) is 22.8 Å². The van der Waals surface area contributed by atoms with Crippen molar-refractivity contribution < 1.29 is 5.11 Å². The maximum Gasteiger partial charge on any atom is 0.197 e. The molecule has 0 saturated carbocycles. The number of hydrogen-bond donors (Lipinski definition) is 3. The fourth-order valence-corrected chi connectivity index (χ4v) is 3.70. The minimum atomic E-state index is -0.111. The van der Waals surface area contributed by atoms with E-state index in [-0.39, 0.29) is 16.7 Å². The van der Waals surface area contributed by atoms with Gasteiger partial charge >= 0.3 is 0 Å². The van der Waals surface area contributed by atoms with Crippen molar-refractivity contribution in [2.24, 2.45) is 5.73 Å². The molecule has 0 aliphatic carbocycles. The molecule has 134 valence electrons. The zero-order valence-corrected chi connectivity index (χ0v) is 15.2. The molecule has 0 spiro atoms. The number of nitrogens with one attached hydrogen (secondary N) is 1. The number of fused-ring (bicyclic) bond motifs is 1. The normalized spacial score (nSPS) is 11.0. The Kier molecular flexibility index (Phi) is 4.34. The van der Waals surface area contributed by atoms with Gasteiger partial charge in [-0.15, -0.1) is 0 Å². The highest BCUT2D eigenvalue weighted by Gasteiger charge is 2.22. The second-order valence-electron chi connectivity index (χ2n) is 6.36. The number of nitrogen functional groups attached to an aromatic ring is 1. The summed E-state index contributed by atoms with van der Waals surface area (Å²) in [7, 11) is 0. The van der Waals surface area contributed by atoms with Crippen LogP contribution in [-0.2, 0) is 6.42 Å². The van der Waals surface area contributed by atoms with E-state index in [0.29, 0.717) is 17.7 Å². The Hall–Kier alpha value is -3.24. The van der Waals surface area contributed by atoms with Crippen molar-refractivity contribution in [3.8, 4) is 17.0 Å². The number of aromatic hydroxyl groups is 1. The third-order valence-electron chi connectivity index (χ3n) is 4.69. The van der Waals surface area contributed by atoms with E-state index >= 15 is 0 Å². The van der Waals surface area contributed by atoms with E-state index in [2.05, 4.69) is 12.1 Å². The zero-order chi connectivity index (χ0) is 19.0. The van der Waals surface area contributed by atoms with E-state index < -0.39 is 0 Å². The number of rotatable bonds is 3. The van der Waals surface area contributed by atoms with Crippen molar-refractivity contribution in [1.29, 1.82) is 5.41 Å². The smallest absolute Gasteiger partial charge is 0.197 e. The Bertz CT molecular complexity index is 1150. The molecule has 4 nitrogen and oxygen atoms in total. The second-order valence-corrected chi connectivity index (χ2v) is 6.77. The summed E-state index contributed by atoms with van der Waals surface area (Å²) >= 11 is 6.16. The lowest BCUT2D eigenvalue weighted by Gasteiger charge is -2.13. The number of phenolic OH excluding ortho intramolecular Hbond substituents is 1. The summed E-state index contributed by atoms with van der Waals surface area (Å²) in [5, 5.41) is 20.0. The predicted molar refractivity (Wildman–Crippen MR) is 111 cm³/mol. The summed E-state index contributed by atoms with van der Waals surface area (Å²) in [6, 6.07) is 23.1. The molecule has 5 heteroatoms. The molecule has 27 heavy (non-hydrogen) atoms. The fraction of sp³-hybridized carbons (Fsp3) is 0.0455. The summed E-state index contributed by atoms with van der Waals surface area (Å²) in [4.78, 5) is 0. The quantitative estimate of drug-likeness (QED) is 0.348. The Labute approximate surface area is 161 Å². The summed E-state index contributed by atoms with van der Waals surface area (Å²) in [5.74, 6) is -0.126. The molecule has 0 atom stereocenters. The lowest BCUT2D eigenvalue weighted by molar-refractivity contribution is 0.477. The summed E-state index contributed by atoms with van der Waals surface area (Å²) in [5.41, 5.74) is 10.1. The summed E-state index contributed by atoms with van der Waals surface area (Å²) in [6.07, 6.45) is 0.642. The molecule has 0 amide bonds. The third-order valence-corrected chi connectivity index (χ3v) is 4.99. The van der Waals surface area contributed by atoms with Crippen LogP contribution in [0.3, 0.4) is 0 Å². The van der Waals surface area contributed by atoms with Crippen molar-refractivity contribution >= 4 is 28.5 Å². The lowest BCUT2D eigenvalue weighted by atomic mass is 9.98. The molecule has 3 aromatic carbocycles. The molecule has 4 N–H and O–H groups in total. The molecule has 1 heterocycles.